The van der Waals surface area contributed by atoms with Crippen LogP contribution in [0.2, 0.25) is 0 Å². The summed E-state index contributed by atoms with van der Waals surface area (Å²) in [6, 6.07) is 13.8. The van der Waals surface area contributed by atoms with Gasteiger partial charge in [-0.25, -0.2) is 0 Å². The number of likely N-dealkylation sites (tertiary alicyclic amines) is 2. The molecule has 0 saturated carbocycles. The van der Waals surface area contributed by atoms with Gasteiger partial charge >= 0.3 is 0 Å². The van der Waals surface area contributed by atoms with Crippen molar-refractivity contribution in [2.75, 3.05) is 39.3 Å². The first kappa shape index (κ1) is 23.2. The largest absolute Gasteiger partial charge is 0.369 e. The fourth-order valence-corrected chi connectivity index (χ4v) is 5.08. The van der Waals surface area contributed by atoms with Crippen LogP contribution in [0.4, 0.5) is 0 Å². The van der Waals surface area contributed by atoms with Crippen LogP contribution in [0.15, 0.2) is 42.5 Å². The van der Waals surface area contributed by atoms with Crippen molar-refractivity contribution in [1.29, 1.82) is 0 Å². The van der Waals surface area contributed by atoms with E-state index in [1.165, 1.54) is 0 Å². The molecule has 7 nitrogen and oxygen atoms in total. The van der Waals surface area contributed by atoms with Crippen LogP contribution in [0.1, 0.15) is 42.5 Å². The van der Waals surface area contributed by atoms with Gasteiger partial charge in [-0.15, -0.1) is 0 Å². The first-order valence-electron chi connectivity index (χ1n) is 12.1. The Labute approximate surface area is 195 Å². The molecule has 2 aromatic carbocycles. The molecule has 2 heterocycles. The summed E-state index contributed by atoms with van der Waals surface area (Å²) < 4.78 is 0. The molecule has 3 amide bonds. The fraction of sp³-hybridized carbons (Fsp3) is 0.500. The van der Waals surface area contributed by atoms with Gasteiger partial charge in [-0.05, 0) is 62.0 Å². The van der Waals surface area contributed by atoms with Crippen molar-refractivity contribution in [2.45, 2.75) is 32.1 Å². The van der Waals surface area contributed by atoms with Gasteiger partial charge in [-0.3, -0.25) is 14.4 Å². The van der Waals surface area contributed by atoms with Crippen LogP contribution >= 0.6 is 0 Å². The van der Waals surface area contributed by atoms with Gasteiger partial charge in [0.05, 0.1) is 5.92 Å². The van der Waals surface area contributed by atoms with E-state index in [-0.39, 0.29) is 29.6 Å². The number of carbonyl (C=O) groups is 3. The normalized spacial score (nSPS) is 20.0. The van der Waals surface area contributed by atoms with E-state index in [2.05, 4.69) is 10.2 Å². The summed E-state index contributed by atoms with van der Waals surface area (Å²) in [6.45, 7) is 4.41. The van der Waals surface area contributed by atoms with Gasteiger partial charge in [-0.2, -0.15) is 0 Å². The molecular weight excluding hydrogens is 416 g/mol. The van der Waals surface area contributed by atoms with Crippen molar-refractivity contribution in [2.24, 2.45) is 17.6 Å². The molecule has 2 aliphatic rings. The maximum atomic E-state index is 13.1. The predicted octanol–water partition coefficient (Wildman–Crippen LogP) is 2.40. The quantitative estimate of drug-likeness (QED) is 0.633. The highest BCUT2D eigenvalue weighted by atomic mass is 16.2. The minimum absolute atomic E-state index is 0.0430. The summed E-state index contributed by atoms with van der Waals surface area (Å²) in [5.41, 5.74) is 6.17. The number of benzene rings is 2. The van der Waals surface area contributed by atoms with E-state index in [1.807, 2.05) is 47.4 Å². The zero-order valence-corrected chi connectivity index (χ0v) is 19.2. The number of rotatable bonds is 7. The van der Waals surface area contributed by atoms with E-state index in [0.717, 1.165) is 55.2 Å². The average molecular weight is 451 g/mol. The lowest BCUT2D eigenvalue weighted by Gasteiger charge is -2.32. The van der Waals surface area contributed by atoms with Gasteiger partial charge < -0.3 is 20.9 Å². The molecule has 7 heteroatoms. The maximum absolute atomic E-state index is 13.1. The number of amides is 3. The van der Waals surface area contributed by atoms with Crippen LogP contribution in [0.3, 0.4) is 0 Å². The van der Waals surface area contributed by atoms with Crippen LogP contribution in [0.5, 0.6) is 0 Å². The number of fused-ring (bicyclic) bond motifs is 1. The second kappa shape index (κ2) is 10.8. The molecular formula is C26H34N4O3. The van der Waals surface area contributed by atoms with Crippen LogP contribution in [-0.4, -0.2) is 66.8 Å². The maximum Gasteiger partial charge on any atom is 0.254 e. The zero-order valence-electron chi connectivity index (χ0n) is 19.2. The van der Waals surface area contributed by atoms with Gasteiger partial charge in [0.2, 0.25) is 11.8 Å². The van der Waals surface area contributed by atoms with Crippen LogP contribution in [0.25, 0.3) is 10.8 Å². The van der Waals surface area contributed by atoms with Gasteiger partial charge in [0, 0.05) is 37.7 Å². The van der Waals surface area contributed by atoms with Gasteiger partial charge in [0.25, 0.3) is 5.91 Å². The molecule has 2 aliphatic heterocycles. The predicted molar refractivity (Wildman–Crippen MR) is 129 cm³/mol. The topological polar surface area (TPSA) is 95.7 Å². The Bertz CT molecular complexity index is 995. The Kier molecular flexibility index (Phi) is 7.60. The van der Waals surface area contributed by atoms with Crippen molar-refractivity contribution in [3.05, 3.63) is 48.0 Å². The minimum Gasteiger partial charge on any atom is -0.369 e. The van der Waals surface area contributed by atoms with Crippen LogP contribution in [0, 0.1) is 11.8 Å². The number of primary amides is 1. The lowest BCUT2D eigenvalue weighted by Crippen LogP contribution is -2.44. The zero-order chi connectivity index (χ0) is 23.2. The Balaban J connectivity index is 1.20. The summed E-state index contributed by atoms with van der Waals surface area (Å²) in [5, 5.41) is 5.10. The summed E-state index contributed by atoms with van der Waals surface area (Å²) >= 11 is 0. The molecule has 2 fully saturated rings. The van der Waals surface area contributed by atoms with E-state index in [0.29, 0.717) is 32.5 Å². The number of hydrogen-bond acceptors (Lipinski definition) is 4. The molecule has 2 saturated heterocycles. The first-order valence-corrected chi connectivity index (χ1v) is 12.1. The van der Waals surface area contributed by atoms with Gasteiger partial charge in [-0.1, -0.05) is 36.4 Å². The summed E-state index contributed by atoms with van der Waals surface area (Å²) in [7, 11) is 0. The number of nitrogens with zero attached hydrogens (tertiary/aromatic N) is 2. The third-order valence-corrected chi connectivity index (χ3v) is 7.03. The smallest absolute Gasteiger partial charge is 0.254 e. The molecule has 4 rings (SSSR count). The molecule has 0 aliphatic carbocycles. The lowest BCUT2D eigenvalue weighted by molar-refractivity contribution is -0.126. The number of piperidine rings is 2. The molecule has 0 spiro atoms. The van der Waals surface area contributed by atoms with Crippen molar-refractivity contribution >= 4 is 28.5 Å². The Morgan fingerprint density at radius 1 is 0.939 bits per heavy atom. The number of hydrogen-bond donors (Lipinski definition) is 2. The highest BCUT2D eigenvalue weighted by Gasteiger charge is 2.28. The molecule has 1 unspecified atom stereocenters. The molecule has 0 radical (unpaired) electrons. The van der Waals surface area contributed by atoms with Gasteiger partial charge in [0.15, 0.2) is 0 Å². The van der Waals surface area contributed by atoms with E-state index in [1.54, 1.807) is 0 Å². The summed E-state index contributed by atoms with van der Waals surface area (Å²) in [6.07, 6.45) is 4.11. The van der Waals surface area contributed by atoms with E-state index in [4.69, 9.17) is 5.73 Å². The second-order valence-corrected chi connectivity index (χ2v) is 9.28. The van der Waals surface area contributed by atoms with Crippen molar-refractivity contribution in [3.8, 4) is 0 Å². The highest BCUT2D eigenvalue weighted by Crippen LogP contribution is 2.24. The standard InChI is InChI=1S/C26H34N4O3/c27-24(31)21-8-4-14-29(18-21)15-5-13-28-25(32)20-11-16-30(17-12-20)26(33)23-10-3-7-19-6-1-2-9-22(19)23/h1-3,6-7,9-10,20-21H,4-5,8,11-18H2,(H2,27,31)(H,28,32). The molecule has 3 N–H and O–H groups in total. The minimum atomic E-state index is -0.210. The molecule has 2 aromatic rings. The van der Waals surface area contributed by atoms with E-state index >= 15 is 0 Å². The Hall–Kier alpha value is -2.93. The molecule has 1 atom stereocenters. The molecule has 0 bridgehead atoms. The second-order valence-electron chi connectivity index (χ2n) is 9.28. The van der Waals surface area contributed by atoms with Gasteiger partial charge in [0.1, 0.15) is 0 Å². The lowest BCUT2D eigenvalue weighted by atomic mass is 9.94. The van der Waals surface area contributed by atoms with Crippen LogP contribution in [-0.2, 0) is 9.59 Å². The summed E-state index contributed by atoms with van der Waals surface area (Å²) in [4.78, 5) is 41.3. The van der Waals surface area contributed by atoms with Crippen molar-refractivity contribution < 1.29 is 14.4 Å². The number of nitrogens with two attached hydrogens (primary N) is 1. The van der Waals surface area contributed by atoms with Crippen molar-refractivity contribution in [1.82, 2.24) is 15.1 Å². The summed E-state index contributed by atoms with van der Waals surface area (Å²) in [5.74, 6) is -0.174. The SMILES string of the molecule is NC(=O)C1CCCN(CCCNC(=O)C2CCN(C(=O)c3cccc4ccccc34)CC2)C1. The van der Waals surface area contributed by atoms with Crippen molar-refractivity contribution in [3.63, 3.8) is 0 Å². The Morgan fingerprint density at radius 3 is 2.48 bits per heavy atom. The fourth-order valence-electron chi connectivity index (χ4n) is 5.08. The third-order valence-electron chi connectivity index (χ3n) is 7.03. The Morgan fingerprint density at radius 2 is 1.70 bits per heavy atom. The molecule has 0 aromatic heterocycles. The molecule has 33 heavy (non-hydrogen) atoms. The number of carbonyl (C=O) groups excluding carboxylic acids is 3. The van der Waals surface area contributed by atoms with E-state index < -0.39 is 0 Å². The highest BCUT2D eigenvalue weighted by molar-refractivity contribution is 6.07. The first-order chi connectivity index (χ1) is 16.0. The molecule has 176 valence electrons. The van der Waals surface area contributed by atoms with E-state index in [9.17, 15) is 14.4 Å². The third kappa shape index (κ3) is 5.71. The number of nitrogens with one attached hydrogen (secondary N) is 1. The average Bonchev–Trinajstić information content (AvgIpc) is 2.86. The van der Waals surface area contributed by atoms with Crippen LogP contribution < -0.4 is 11.1 Å². The monoisotopic (exact) mass is 450 g/mol.